The Bertz CT molecular complexity index is 757. The molecule has 5 nitrogen and oxygen atoms in total. The fraction of sp³-hybridized carbons (Fsp3) is 0.250. The highest BCUT2D eigenvalue weighted by molar-refractivity contribution is 7.87. The van der Waals surface area contributed by atoms with Gasteiger partial charge in [-0.05, 0) is 36.2 Å². The highest BCUT2D eigenvalue weighted by Crippen LogP contribution is 2.28. The molecular weight excluding hydrogens is 340 g/mol. The Kier molecular flexibility index (Phi) is 5.87. The second-order valence-electron chi connectivity index (χ2n) is 4.72. The Morgan fingerprint density at radius 1 is 1.00 bits per heavy atom. The van der Waals surface area contributed by atoms with Gasteiger partial charge in [0, 0.05) is 13.2 Å². The zero-order valence-corrected chi connectivity index (χ0v) is 14.4. The van der Waals surface area contributed by atoms with Gasteiger partial charge in [-0.3, -0.25) is 0 Å². The zero-order valence-electron chi connectivity index (χ0n) is 12.8. The summed E-state index contributed by atoms with van der Waals surface area (Å²) in [4.78, 5) is -0.137. The van der Waals surface area contributed by atoms with Crippen molar-refractivity contribution in [1.82, 2.24) is 0 Å². The van der Waals surface area contributed by atoms with Crippen LogP contribution in [0.3, 0.4) is 0 Å². The van der Waals surface area contributed by atoms with Gasteiger partial charge in [-0.25, -0.2) is 0 Å². The number of rotatable bonds is 7. The van der Waals surface area contributed by atoms with E-state index in [9.17, 15) is 8.42 Å². The topological polar surface area (TPSA) is 61.8 Å². The van der Waals surface area contributed by atoms with E-state index >= 15 is 0 Å². The van der Waals surface area contributed by atoms with Crippen LogP contribution in [0.2, 0.25) is 5.02 Å². The molecule has 0 atom stereocenters. The lowest BCUT2D eigenvalue weighted by Gasteiger charge is -2.10. The van der Waals surface area contributed by atoms with Crippen molar-refractivity contribution in [2.45, 2.75) is 11.3 Å². The number of halogens is 1. The normalized spacial score (nSPS) is 11.3. The molecule has 7 heteroatoms. The van der Waals surface area contributed by atoms with E-state index < -0.39 is 10.1 Å². The number of ether oxygens (including phenoxy) is 2. The molecule has 0 aliphatic carbocycles. The van der Waals surface area contributed by atoms with Crippen LogP contribution >= 0.6 is 11.6 Å². The predicted molar refractivity (Wildman–Crippen MR) is 87.8 cm³/mol. The molecule has 0 N–H and O–H groups in total. The van der Waals surface area contributed by atoms with Crippen LogP contribution in [0.15, 0.2) is 47.4 Å². The van der Waals surface area contributed by atoms with E-state index in [0.29, 0.717) is 12.4 Å². The van der Waals surface area contributed by atoms with Crippen molar-refractivity contribution in [3.63, 3.8) is 0 Å². The summed E-state index contributed by atoms with van der Waals surface area (Å²) in [6.45, 7) is 0.595. The van der Waals surface area contributed by atoms with Gasteiger partial charge in [0.15, 0.2) is 0 Å². The summed E-state index contributed by atoms with van der Waals surface area (Å²) in [5.74, 6) is 0.594. The first-order valence-electron chi connectivity index (χ1n) is 6.82. The van der Waals surface area contributed by atoms with Gasteiger partial charge in [0.1, 0.15) is 16.4 Å². The largest absolute Gasteiger partial charge is 0.497 e. The quantitative estimate of drug-likeness (QED) is 0.712. The minimum Gasteiger partial charge on any atom is -0.497 e. The lowest BCUT2D eigenvalue weighted by atomic mass is 10.1. The number of methoxy groups -OCH3 is 2. The van der Waals surface area contributed by atoms with Crippen LogP contribution in [0, 0.1) is 0 Å². The number of hydrogen-bond donors (Lipinski definition) is 0. The molecule has 0 aliphatic rings. The van der Waals surface area contributed by atoms with Gasteiger partial charge in [0.05, 0.1) is 18.7 Å². The van der Waals surface area contributed by atoms with Crippen LogP contribution in [-0.2, 0) is 21.3 Å². The summed E-state index contributed by atoms with van der Waals surface area (Å²) >= 11 is 5.96. The summed E-state index contributed by atoms with van der Waals surface area (Å²) in [6.07, 6.45) is 0.741. The SMILES string of the molecule is COCCc1ccc(OS(=O)(=O)c2cc(OC)ccc2Cl)cc1. The third kappa shape index (κ3) is 4.60. The fourth-order valence-electron chi connectivity index (χ4n) is 1.91. The van der Waals surface area contributed by atoms with Crippen molar-refractivity contribution in [1.29, 1.82) is 0 Å². The minimum atomic E-state index is -4.04. The predicted octanol–water partition coefficient (Wildman–Crippen LogP) is 3.31. The lowest BCUT2D eigenvalue weighted by Crippen LogP contribution is -2.10. The van der Waals surface area contributed by atoms with Gasteiger partial charge < -0.3 is 13.7 Å². The molecule has 0 fully saturated rings. The van der Waals surface area contributed by atoms with Gasteiger partial charge in [-0.1, -0.05) is 23.7 Å². The second kappa shape index (κ2) is 7.68. The maximum Gasteiger partial charge on any atom is 0.340 e. The smallest absolute Gasteiger partial charge is 0.340 e. The first kappa shape index (κ1) is 17.6. The fourth-order valence-corrected chi connectivity index (χ4v) is 3.33. The van der Waals surface area contributed by atoms with Crippen molar-refractivity contribution in [2.24, 2.45) is 0 Å². The van der Waals surface area contributed by atoms with Gasteiger partial charge in [0.25, 0.3) is 0 Å². The molecule has 0 heterocycles. The van der Waals surface area contributed by atoms with Crippen molar-refractivity contribution < 1.29 is 22.1 Å². The molecule has 0 spiro atoms. The van der Waals surface area contributed by atoms with Gasteiger partial charge in [-0.2, -0.15) is 8.42 Å². The summed E-state index contributed by atoms with van der Waals surface area (Å²) in [6, 6.07) is 11.1. The maximum atomic E-state index is 12.4. The van der Waals surface area contributed by atoms with Crippen LogP contribution in [0.1, 0.15) is 5.56 Å². The van der Waals surface area contributed by atoms with E-state index in [2.05, 4.69) is 0 Å². The molecule has 0 saturated carbocycles. The van der Waals surface area contributed by atoms with Crippen molar-refractivity contribution in [2.75, 3.05) is 20.8 Å². The third-order valence-electron chi connectivity index (χ3n) is 3.13. The van der Waals surface area contributed by atoms with Gasteiger partial charge >= 0.3 is 10.1 Å². The molecule has 0 bridgehead atoms. The molecule has 23 heavy (non-hydrogen) atoms. The number of benzene rings is 2. The van der Waals surface area contributed by atoms with Gasteiger partial charge in [-0.15, -0.1) is 0 Å². The average molecular weight is 357 g/mol. The molecular formula is C16H17ClO5S. The average Bonchev–Trinajstić information content (AvgIpc) is 2.54. The first-order valence-corrected chi connectivity index (χ1v) is 8.61. The van der Waals surface area contributed by atoms with E-state index in [4.69, 9.17) is 25.3 Å². The van der Waals surface area contributed by atoms with E-state index in [-0.39, 0.29) is 15.7 Å². The monoisotopic (exact) mass is 356 g/mol. The van der Waals surface area contributed by atoms with Crippen LogP contribution in [-0.4, -0.2) is 29.2 Å². The maximum absolute atomic E-state index is 12.4. The van der Waals surface area contributed by atoms with E-state index in [0.717, 1.165) is 12.0 Å². The van der Waals surface area contributed by atoms with Crippen LogP contribution < -0.4 is 8.92 Å². The molecule has 0 unspecified atom stereocenters. The Labute approximate surface area is 140 Å². The molecule has 0 aliphatic heterocycles. The first-order chi connectivity index (χ1) is 11.0. The molecule has 0 amide bonds. The van der Waals surface area contributed by atoms with Crippen molar-refractivity contribution >= 4 is 21.7 Å². The molecule has 2 rings (SSSR count). The van der Waals surface area contributed by atoms with Crippen LogP contribution in [0.4, 0.5) is 0 Å². The summed E-state index contributed by atoms with van der Waals surface area (Å²) in [7, 11) is -0.972. The van der Waals surface area contributed by atoms with Crippen molar-refractivity contribution in [3.8, 4) is 11.5 Å². The molecule has 0 aromatic heterocycles. The van der Waals surface area contributed by atoms with E-state index in [1.807, 2.05) is 0 Å². The molecule has 0 radical (unpaired) electrons. The molecule has 0 saturated heterocycles. The van der Waals surface area contributed by atoms with E-state index in [1.165, 1.54) is 19.2 Å². The summed E-state index contributed by atoms with van der Waals surface area (Å²) < 4.78 is 39.9. The Morgan fingerprint density at radius 3 is 2.26 bits per heavy atom. The zero-order chi connectivity index (χ0) is 16.9. The summed E-state index contributed by atoms with van der Waals surface area (Å²) in [5, 5.41) is 0.0718. The molecule has 124 valence electrons. The highest BCUT2D eigenvalue weighted by Gasteiger charge is 2.21. The lowest BCUT2D eigenvalue weighted by molar-refractivity contribution is 0.202. The van der Waals surface area contributed by atoms with Crippen LogP contribution in [0.25, 0.3) is 0 Å². The number of hydrogen-bond acceptors (Lipinski definition) is 5. The Morgan fingerprint density at radius 2 is 1.65 bits per heavy atom. The molecule has 2 aromatic carbocycles. The third-order valence-corrected chi connectivity index (χ3v) is 4.86. The van der Waals surface area contributed by atoms with Crippen LogP contribution in [0.5, 0.6) is 11.5 Å². The molecule has 2 aromatic rings. The standard InChI is InChI=1S/C16H17ClO5S/c1-20-10-9-12-3-5-13(6-4-12)22-23(18,19)16-11-14(21-2)7-8-15(16)17/h3-8,11H,9-10H2,1-2H3. The van der Waals surface area contributed by atoms with E-state index in [1.54, 1.807) is 37.4 Å². The minimum absolute atomic E-state index is 0.0718. The Hall–Kier alpha value is -1.76. The van der Waals surface area contributed by atoms with Gasteiger partial charge in [0.2, 0.25) is 0 Å². The highest BCUT2D eigenvalue weighted by atomic mass is 35.5. The second-order valence-corrected chi connectivity index (χ2v) is 6.64. The Balaban J connectivity index is 2.21. The van der Waals surface area contributed by atoms with Crippen molar-refractivity contribution in [3.05, 3.63) is 53.1 Å². The summed E-state index contributed by atoms with van der Waals surface area (Å²) in [5.41, 5.74) is 1.02.